The van der Waals surface area contributed by atoms with Crippen LogP contribution in [0.5, 0.6) is 0 Å². The minimum Gasteiger partial charge on any atom is -0.329 e. The lowest BCUT2D eigenvalue weighted by Gasteiger charge is -2.26. The molecule has 0 N–H and O–H groups in total. The first-order valence-electron chi connectivity index (χ1n) is 10.8. The van der Waals surface area contributed by atoms with E-state index in [9.17, 15) is 13.2 Å². The number of amides is 1. The number of likely N-dealkylation sites (tertiary alicyclic amines) is 1. The van der Waals surface area contributed by atoms with Gasteiger partial charge >= 0.3 is 0 Å². The molecule has 0 aliphatic carbocycles. The van der Waals surface area contributed by atoms with Crippen LogP contribution in [-0.2, 0) is 10.0 Å². The van der Waals surface area contributed by atoms with Crippen LogP contribution >= 0.6 is 11.3 Å². The van der Waals surface area contributed by atoms with E-state index in [0.29, 0.717) is 25.2 Å². The molecule has 2 fully saturated rings. The Morgan fingerprint density at radius 1 is 0.968 bits per heavy atom. The number of piperidine rings is 1. The van der Waals surface area contributed by atoms with E-state index in [0.717, 1.165) is 47.3 Å². The lowest BCUT2D eigenvalue weighted by molar-refractivity contribution is 0.0735. The number of thiazole rings is 1. The van der Waals surface area contributed by atoms with Crippen molar-refractivity contribution < 1.29 is 13.2 Å². The summed E-state index contributed by atoms with van der Waals surface area (Å²) in [6.45, 7) is 1.75. The normalized spacial score (nSPS) is 20.4. The van der Waals surface area contributed by atoms with Gasteiger partial charge in [0.15, 0.2) is 0 Å². The van der Waals surface area contributed by atoms with Gasteiger partial charge < -0.3 is 4.90 Å². The highest BCUT2D eigenvalue weighted by atomic mass is 32.2. The van der Waals surface area contributed by atoms with Crippen LogP contribution in [0.4, 0.5) is 0 Å². The molecule has 2 aliphatic heterocycles. The number of carbonyl (C=O) groups excluding carboxylic acids is 1. The van der Waals surface area contributed by atoms with E-state index in [-0.39, 0.29) is 16.8 Å². The third-order valence-corrected chi connectivity index (χ3v) is 9.18. The van der Waals surface area contributed by atoms with Gasteiger partial charge in [-0.05, 0) is 56.0 Å². The van der Waals surface area contributed by atoms with Crippen molar-refractivity contribution in [3.05, 3.63) is 59.1 Å². The number of carbonyl (C=O) groups is 1. The molecule has 31 heavy (non-hydrogen) atoms. The van der Waals surface area contributed by atoms with Crippen LogP contribution in [0, 0.1) is 0 Å². The van der Waals surface area contributed by atoms with Crippen LogP contribution < -0.4 is 0 Å². The van der Waals surface area contributed by atoms with Crippen molar-refractivity contribution in [3.8, 4) is 0 Å². The number of hydrogen-bond donors (Lipinski definition) is 0. The molecule has 0 saturated carbocycles. The highest BCUT2D eigenvalue weighted by molar-refractivity contribution is 7.89. The average molecular weight is 456 g/mol. The Labute approximate surface area is 186 Å². The second-order valence-electron chi connectivity index (χ2n) is 8.17. The van der Waals surface area contributed by atoms with E-state index in [4.69, 9.17) is 4.98 Å². The summed E-state index contributed by atoms with van der Waals surface area (Å²) in [6.07, 6.45) is 4.62. The summed E-state index contributed by atoms with van der Waals surface area (Å²) in [5, 5.41) is 0.948. The largest absolute Gasteiger partial charge is 0.329 e. The second-order valence-corrected chi connectivity index (χ2v) is 11.2. The number of nitrogens with zero attached hydrogens (tertiary/aromatic N) is 3. The molecule has 2 aliphatic rings. The van der Waals surface area contributed by atoms with E-state index in [1.807, 2.05) is 29.2 Å². The Balaban J connectivity index is 1.42. The molecule has 5 rings (SSSR count). The summed E-state index contributed by atoms with van der Waals surface area (Å²) >= 11 is 1.63. The molecule has 0 bridgehead atoms. The van der Waals surface area contributed by atoms with Gasteiger partial charge in [-0.15, -0.1) is 11.3 Å². The first kappa shape index (κ1) is 20.6. The Hall–Kier alpha value is -2.29. The molecule has 1 aromatic heterocycles. The van der Waals surface area contributed by atoms with Crippen LogP contribution in [0.3, 0.4) is 0 Å². The molecule has 2 saturated heterocycles. The third kappa shape index (κ3) is 3.88. The van der Waals surface area contributed by atoms with Gasteiger partial charge in [0.05, 0.1) is 21.2 Å². The maximum atomic E-state index is 13.4. The van der Waals surface area contributed by atoms with Crippen LogP contribution in [0.1, 0.15) is 53.5 Å². The highest BCUT2D eigenvalue weighted by Gasteiger charge is 2.33. The number of rotatable bonds is 4. The van der Waals surface area contributed by atoms with Crippen LogP contribution in [0.2, 0.25) is 0 Å². The standard InChI is InChI=1S/C23H25N3O3S2/c27-23(17-8-6-9-18(16-17)31(28,29)25-13-4-1-5-14-25)26-15-7-11-20(26)22-24-19-10-2-3-12-21(19)30-22/h2-3,6,8-10,12,16,20H,1,4-5,7,11,13-15H2. The zero-order chi connectivity index (χ0) is 21.4. The number of sulfonamides is 1. The molecular formula is C23H25N3O3S2. The molecule has 1 amide bonds. The predicted octanol–water partition coefficient (Wildman–Crippen LogP) is 4.45. The van der Waals surface area contributed by atoms with Gasteiger partial charge in [0, 0.05) is 25.2 Å². The van der Waals surface area contributed by atoms with E-state index in [1.165, 1.54) is 0 Å². The van der Waals surface area contributed by atoms with Crippen LogP contribution in [0.15, 0.2) is 53.4 Å². The van der Waals surface area contributed by atoms with Crippen molar-refractivity contribution in [2.24, 2.45) is 0 Å². The second kappa shape index (κ2) is 8.33. The quantitative estimate of drug-likeness (QED) is 0.583. The van der Waals surface area contributed by atoms with E-state index < -0.39 is 10.0 Å². The maximum Gasteiger partial charge on any atom is 0.254 e. The lowest BCUT2D eigenvalue weighted by Crippen LogP contribution is -2.36. The zero-order valence-electron chi connectivity index (χ0n) is 17.2. The van der Waals surface area contributed by atoms with Crippen molar-refractivity contribution >= 4 is 37.5 Å². The van der Waals surface area contributed by atoms with Gasteiger partial charge in [0.25, 0.3) is 5.91 Å². The molecule has 2 aromatic carbocycles. The van der Waals surface area contributed by atoms with Crippen molar-refractivity contribution in [1.29, 1.82) is 0 Å². The van der Waals surface area contributed by atoms with Gasteiger partial charge in [-0.25, -0.2) is 13.4 Å². The zero-order valence-corrected chi connectivity index (χ0v) is 18.9. The van der Waals surface area contributed by atoms with E-state index >= 15 is 0 Å². The fraction of sp³-hybridized carbons (Fsp3) is 0.391. The minimum atomic E-state index is -3.57. The minimum absolute atomic E-state index is 0.0627. The van der Waals surface area contributed by atoms with Gasteiger partial charge in [-0.2, -0.15) is 4.31 Å². The van der Waals surface area contributed by atoms with Crippen molar-refractivity contribution in [2.45, 2.75) is 43.0 Å². The van der Waals surface area contributed by atoms with Gasteiger partial charge in [0.2, 0.25) is 10.0 Å². The first-order chi connectivity index (χ1) is 15.0. The Morgan fingerprint density at radius 3 is 2.58 bits per heavy atom. The topological polar surface area (TPSA) is 70.6 Å². The van der Waals surface area contributed by atoms with Crippen molar-refractivity contribution in [2.75, 3.05) is 19.6 Å². The summed E-state index contributed by atoms with van der Waals surface area (Å²) in [7, 11) is -3.57. The summed E-state index contributed by atoms with van der Waals surface area (Å²) in [5.41, 5.74) is 1.38. The molecule has 6 nitrogen and oxygen atoms in total. The first-order valence-corrected chi connectivity index (χ1v) is 13.1. The molecule has 3 heterocycles. The maximum absolute atomic E-state index is 13.4. The van der Waals surface area contributed by atoms with Crippen LogP contribution in [0.25, 0.3) is 10.2 Å². The summed E-state index contributed by atoms with van der Waals surface area (Å²) in [4.78, 5) is 20.2. The van der Waals surface area contributed by atoms with E-state index in [2.05, 4.69) is 0 Å². The number of hydrogen-bond acceptors (Lipinski definition) is 5. The lowest BCUT2D eigenvalue weighted by atomic mass is 10.1. The molecule has 8 heteroatoms. The van der Waals surface area contributed by atoms with Crippen LogP contribution in [-0.4, -0.2) is 48.1 Å². The Bertz CT molecular complexity index is 1180. The molecular weight excluding hydrogens is 430 g/mol. The molecule has 1 unspecified atom stereocenters. The molecule has 0 radical (unpaired) electrons. The van der Waals surface area contributed by atoms with Crippen molar-refractivity contribution in [1.82, 2.24) is 14.2 Å². The monoisotopic (exact) mass is 455 g/mol. The summed E-state index contributed by atoms with van der Waals surface area (Å²) in [6, 6.07) is 14.5. The fourth-order valence-electron chi connectivity index (χ4n) is 4.51. The Kier molecular flexibility index (Phi) is 5.54. The van der Waals surface area contributed by atoms with Gasteiger partial charge in [-0.3, -0.25) is 4.79 Å². The summed E-state index contributed by atoms with van der Waals surface area (Å²) in [5.74, 6) is -0.127. The molecule has 0 spiro atoms. The number of benzene rings is 2. The SMILES string of the molecule is O=C(c1cccc(S(=O)(=O)N2CCCCC2)c1)N1CCCC1c1nc2ccccc2s1. The third-order valence-electron chi connectivity index (χ3n) is 6.14. The summed E-state index contributed by atoms with van der Waals surface area (Å²) < 4.78 is 28.8. The molecule has 162 valence electrons. The molecule has 3 aromatic rings. The smallest absolute Gasteiger partial charge is 0.254 e. The average Bonchev–Trinajstić information content (AvgIpc) is 3.46. The fourth-order valence-corrected chi connectivity index (χ4v) is 7.19. The van der Waals surface area contributed by atoms with Crippen molar-refractivity contribution in [3.63, 3.8) is 0 Å². The predicted molar refractivity (Wildman–Crippen MR) is 122 cm³/mol. The number of aromatic nitrogens is 1. The Morgan fingerprint density at radius 2 is 1.77 bits per heavy atom. The van der Waals surface area contributed by atoms with Gasteiger partial charge in [0.1, 0.15) is 5.01 Å². The van der Waals surface area contributed by atoms with Gasteiger partial charge in [-0.1, -0.05) is 24.6 Å². The highest BCUT2D eigenvalue weighted by Crippen LogP contribution is 2.37. The molecule has 1 atom stereocenters. The number of para-hydroxylation sites is 1. The number of fused-ring (bicyclic) bond motifs is 1. The van der Waals surface area contributed by atoms with E-state index in [1.54, 1.807) is 39.9 Å².